The van der Waals surface area contributed by atoms with Crippen molar-refractivity contribution in [3.63, 3.8) is 0 Å². The Morgan fingerprint density at radius 1 is 0.793 bits per heavy atom. The average molecular weight is 373 g/mol. The fraction of sp³-hybridized carbons (Fsp3) is 0. The van der Waals surface area contributed by atoms with Gasteiger partial charge in [-0.25, -0.2) is 0 Å². The Morgan fingerprint density at radius 2 is 1.55 bits per heavy atom. The summed E-state index contributed by atoms with van der Waals surface area (Å²) in [5.41, 5.74) is 6.00. The van der Waals surface area contributed by atoms with E-state index >= 15 is 0 Å². The minimum atomic E-state index is 0.893. The van der Waals surface area contributed by atoms with Crippen molar-refractivity contribution in [3.8, 4) is 11.1 Å². The molecule has 0 aliphatic heterocycles. The van der Waals surface area contributed by atoms with Gasteiger partial charge in [-0.2, -0.15) is 0 Å². The first-order chi connectivity index (χ1) is 14.3. The summed E-state index contributed by atoms with van der Waals surface area (Å²) in [5.74, 6) is 0. The standard InChI is InChI=1S/C27H19NO/c1-2-18(14-15-28)19-8-7-9-20(16-19)24-17-26-27(22-11-4-3-10-21(22)24)23-12-5-6-13-25(23)29-26/h2-17,28H,1H2/b18-14+,28-15?. The Kier molecular flexibility index (Phi) is 4.10. The van der Waals surface area contributed by atoms with Crippen molar-refractivity contribution in [2.24, 2.45) is 0 Å². The van der Waals surface area contributed by atoms with Gasteiger partial charge in [0.15, 0.2) is 0 Å². The molecule has 2 heteroatoms. The van der Waals surface area contributed by atoms with Gasteiger partial charge in [-0.3, -0.25) is 0 Å². The molecule has 5 aromatic rings. The second kappa shape index (κ2) is 6.92. The molecule has 0 spiro atoms. The van der Waals surface area contributed by atoms with Crippen molar-refractivity contribution in [1.82, 2.24) is 0 Å². The number of hydrogen-bond donors (Lipinski definition) is 1. The molecule has 0 radical (unpaired) electrons. The lowest BCUT2D eigenvalue weighted by atomic mass is 9.93. The maximum Gasteiger partial charge on any atom is 0.136 e. The molecule has 2 nitrogen and oxygen atoms in total. The Morgan fingerprint density at radius 3 is 2.34 bits per heavy atom. The van der Waals surface area contributed by atoms with E-state index in [-0.39, 0.29) is 0 Å². The van der Waals surface area contributed by atoms with E-state index in [1.165, 1.54) is 17.0 Å². The molecule has 0 fully saturated rings. The van der Waals surface area contributed by atoms with E-state index in [4.69, 9.17) is 9.83 Å². The van der Waals surface area contributed by atoms with Crippen molar-refractivity contribution in [2.75, 3.05) is 0 Å². The summed E-state index contributed by atoms with van der Waals surface area (Å²) in [5, 5.41) is 12.1. The summed E-state index contributed by atoms with van der Waals surface area (Å²) in [4.78, 5) is 0. The minimum Gasteiger partial charge on any atom is -0.456 e. The molecule has 0 aliphatic carbocycles. The first-order valence-corrected chi connectivity index (χ1v) is 9.57. The van der Waals surface area contributed by atoms with Gasteiger partial charge in [0.1, 0.15) is 11.2 Å². The Bertz CT molecular complexity index is 1440. The smallest absolute Gasteiger partial charge is 0.136 e. The van der Waals surface area contributed by atoms with E-state index in [0.29, 0.717) is 0 Å². The van der Waals surface area contributed by atoms with Crippen molar-refractivity contribution in [1.29, 1.82) is 5.41 Å². The molecule has 0 unspecified atom stereocenters. The highest BCUT2D eigenvalue weighted by atomic mass is 16.3. The second-order valence-electron chi connectivity index (χ2n) is 7.01. The molecule has 0 saturated heterocycles. The van der Waals surface area contributed by atoms with Crippen LogP contribution in [-0.4, -0.2) is 6.21 Å². The highest BCUT2D eigenvalue weighted by Gasteiger charge is 2.14. The topological polar surface area (TPSA) is 37.0 Å². The van der Waals surface area contributed by atoms with Crippen molar-refractivity contribution < 1.29 is 4.42 Å². The Hall–Kier alpha value is -3.91. The minimum absolute atomic E-state index is 0.893. The summed E-state index contributed by atoms with van der Waals surface area (Å²) in [6.45, 7) is 3.89. The Labute approximate surface area is 168 Å². The fourth-order valence-electron chi connectivity index (χ4n) is 4.07. The van der Waals surface area contributed by atoms with Gasteiger partial charge in [0.05, 0.1) is 0 Å². The first-order valence-electron chi connectivity index (χ1n) is 9.57. The number of benzene rings is 4. The number of rotatable bonds is 4. The van der Waals surface area contributed by atoms with Crippen LogP contribution in [0, 0.1) is 5.41 Å². The summed E-state index contributed by atoms with van der Waals surface area (Å²) >= 11 is 0. The van der Waals surface area contributed by atoms with Crippen molar-refractivity contribution in [2.45, 2.75) is 0 Å². The van der Waals surface area contributed by atoms with Crippen LogP contribution in [0.3, 0.4) is 0 Å². The van der Waals surface area contributed by atoms with Gasteiger partial charge >= 0.3 is 0 Å². The van der Waals surface area contributed by atoms with Crippen LogP contribution < -0.4 is 0 Å². The lowest BCUT2D eigenvalue weighted by Gasteiger charge is -2.10. The van der Waals surface area contributed by atoms with Crippen LogP contribution in [0.1, 0.15) is 5.56 Å². The van der Waals surface area contributed by atoms with Gasteiger partial charge in [-0.1, -0.05) is 73.3 Å². The van der Waals surface area contributed by atoms with E-state index < -0.39 is 0 Å². The average Bonchev–Trinajstić information content (AvgIpc) is 3.15. The number of allylic oxidation sites excluding steroid dienone is 3. The summed E-state index contributed by atoms with van der Waals surface area (Å²) in [6.07, 6.45) is 4.83. The van der Waals surface area contributed by atoms with Crippen molar-refractivity contribution >= 4 is 44.5 Å². The number of para-hydroxylation sites is 1. The highest BCUT2D eigenvalue weighted by molar-refractivity contribution is 6.22. The molecule has 5 rings (SSSR count). The fourth-order valence-corrected chi connectivity index (χ4v) is 4.07. The van der Waals surface area contributed by atoms with Gasteiger partial charge in [0.25, 0.3) is 0 Å². The molecule has 0 saturated carbocycles. The van der Waals surface area contributed by atoms with Gasteiger partial charge in [-0.05, 0) is 57.3 Å². The van der Waals surface area contributed by atoms with Gasteiger partial charge in [0.2, 0.25) is 0 Å². The summed E-state index contributed by atoms with van der Waals surface area (Å²) < 4.78 is 6.20. The molecular weight excluding hydrogens is 354 g/mol. The van der Waals surface area contributed by atoms with Gasteiger partial charge in [0, 0.05) is 17.0 Å². The maximum absolute atomic E-state index is 7.39. The number of hydrogen-bond acceptors (Lipinski definition) is 2. The highest BCUT2D eigenvalue weighted by Crippen LogP contribution is 2.40. The van der Waals surface area contributed by atoms with Crippen LogP contribution in [0.15, 0.2) is 102 Å². The zero-order valence-corrected chi connectivity index (χ0v) is 15.9. The molecule has 0 amide bonds. The lowest BCUT2D eigenvalue weighted by Crippen LogP contribution is -1.86. The zero-order chi connectivity index (χ0) is 19.8. The van der Waals surface area contributed by atoms with Crippen LogP contribution in [0.5, 0.6) is 0 Å². The first kappa shape index (κ1) is 17.2. The third kappa shape index (κ3) is 2.77. The Balaban J connectivity index is 1.84. The molecule has 1 N–H and O–H groups in total. The summed E-state index contributed by atoms with van der Waals surface area (Å²) in [7, 11) is 0. The maximum atomic E-state index is 7.39. The molecule has 0 atom stereocenters. The van der Waals surface area contributed by atoms with E-state index in [9.17, 15) is 0 Å². The molecule has 138 valence electrons. The van der Waals surface area contributed by atoms with Gasteiger partial charge < -0.3 is 9.83 Å². The normalized spacial score (nSPS) is 11.9. The van der Waals surface area contributed by atoms with Crippen LogP contribution in [0.25, 0.3) is 49.4 Å². The number of nitrogens with one attached hydrogen (secondary N) is 1. The number of fused-ring (bicyclic) bond motifs is 5. The predicted molar refractivity (Wildman–Crippen MR) is 124 cm³/mol. The second-order valence-corrected chi connectivity index (χ2v) is 7.01. The largest absolute Gasteiger partial charge is 0.456 e. The predicted octanol–water partition coefficient (Wildman–Crippen LogP) is 7.63. The molecule has 0 bridgehead atoms. The molecule has 1 aromatic heterocycles. The molecule has 1 heterocycles. The zero-order valence-electron chi connectivity index (χ0n) is 15.9. The molecule has 4 aromatic carbocycles. The van der Waals surface area contributed by atoms with Crippen LogP contribution in [-0.2, 0) is 0 Å². The third-order valence-corrected chi connectivity index (χ3v) is 5.37. The van der Waals surface area contributed by atoms with E-state index in [1.54, 1.807) is 12.2 Å². The SMILES string of the molecule is C=C/C(=C\C=N)c1cccc(-c2cc3oc4ccccc4c3c3ccccc23)c1. The number of furan rings is 1. The van der Waals surface area contributed by atoms with Crippen LogP contribution in [0.4, 0.5) is 0 Å². The van der Waals surface area contributed by atoms with E-state index in [2.05, 4.69) is 61.2 Å². The lowest BCUT2D eigenvalue weighted by molar-refractivity contribution is 0.669. The van der Waals surface area contributed by atoms with Crippen molar-refractivity contribution in [3.05, 3.63) is 103 Å². The van der Waals surface area contributed by atoms with Crippen LogP contribution in [0.2, 0.25) is 0 Å². The third-order valence-electron chi connectivity index (χ3n) is 5.37. The van der Waals surface area contributed by atoms with E-state index in [0.717, 1.165) is 44.2 Å². The summed E-state index contributed by atoms with van der Waals surface area (Å²) in [6, 6.07) is 27.2. The quantitative estimate of drug-likeness (QED) is 0.255. The monoisotopic (exact) mass is 373 g/mol. The molecule has 0 aliphatic rings. The van der Waals surface area contributed by atoms with E-state index in [1.807, 2.05) is 24.3 Å². The molecular formula is C27H19NO. The van der Waals surface area contributed by atoms with Crippen LogP contribution >= 0.6 is 0 Å². The van der Waals surface area contributed by atoms with Gasteiger partial charge in [-0.15, -0.1) is 0 Å². The molecule has 29 heavy (non-hydrogen) atoms.